The molecule has 88 valence electrons. The molecule has 0 radical (unpaired) electrons. The van der Waals surface area contributed by atoms with Gasteiger partial charge in [0.25, 0.3) is 0 Å². The van der Waals surface area contributed by atoms with Gasteiger partial charge < -0.3 is 9.73 Å². The van der Waals surface area contributed by atoms with Crippen molar-refractivity contribution < 1.29 is 4.42 Å². The molecule has 1 fully saturated rings. The number of benzene rings is 1. The largest absolute Gasteiger partial charge is 0.423 e. The maximum absolute atomic E-state index is 5.19. The Hall–Kier alpha value is -1.84. The van der Waals surface area contributed by atoms with Gasteiger partial charge in [-0.1, -0.05) is 13.0 Å². The summed E-state index contributed by atoms with van der Waals surface area (Å²) in [6, 6.07) is 8.72. The smallest absolute Gasteiger partial charge is 0.247 e. The molecule has 3 rings (SSSR count). The highest BCUT2D eigenvalue weighted by atomic mass is 16.4. The van der Waals surface area contributed by atoms with Gasteiger partial charge in [-0.3, -0.25) is 0 Å². The van der Waals surface area contributed by atoms with Crippen LogP contribution in [-0.4, -0.2) is 16.2 Å². The summed E-state index contributed by atoms with van der Waals surface area (Å²) < 4.78 is 5.19. The fourth-order valence-corrected chi connectivity index (χ4v) is 2.30. The van der Waals surface area contributed by atoms with Gasteiger partial charge in [-0.05, 0) is 37.0 Å². The molecule has 4 nitrogen and oxygen atoms in total. The Balaban J connectivity index is 1.75. The number of nitrogens with zero attached hydrogens (tertiary/aromatic N) is 2. The van der Waals surface area contributed by atoms with E-state index in [4.69, 9.17) is 4.42 Å². The molecule has 0 aliphatic heterocycles. The van der Waals surface area contributed by atoms with Gasteiger partial charge in [0.15, 0.2) is 0 Å². The summed E-state index contributed by atoms with van der Waals surface area (Å²) in [5.41, 5.74) is 2.08. The van der Waals surface area contributed by atoms with E-state index in [1.54, 1.807) is 0 Å². The van der Waals surface area contributed by atoms with Gasteiger partial charge >= 0.3 is 0 Å². The maximum atomic E-state index is 5.19. The molecule has 1 N–H and O–H groups in total. The van der Waals surface area contributed by atoms with Crippen LogP contribution in [0.2, 0.25) is 0 Å². The standard InChI is InChI=1S/C13H15N3O/c1-9-5-12(6-9)15-11-4-2-3-10(7-11)13-16-14-8-17-13/h2-4,7-9,12,15H,5-6H2,1H3. The molecule has 1 heterocycles. The lowest BCUT2D eigenvalue weighted by atomic mass is 9.82. The number of rotatable bonds is 3. The highest BCUT2D eigenvalue weighted by Gasteiger charge is 2.24. The fraction of sp³-hybridized carbons (Fsp3) is 0.385. The lowest BCUT2D eigenvalue weighted by Crippen LogP contribution is -2.33. The second-order valence-corrected chi connectivity index (χ2v) is 4.74. The molecule has 2 aromatic rings. The second kappa shape index (κ2) is 4.20. The number of hydrogen-bond acceptors (Lipinski definition) is 4. The van der Waals surface area contributed by atoms with Crippen molar-refractivity contribution in [1.29, 1.82) is 0 Å². The summed E-state index contributed by atoms with van der Waals surface area (Å²) in [5, 5.41) is 11.1. The van der Waals surface area contributed by atoms with Crippen LogP contribution in [0.1, 0.15) is 19.8 Å². The second-order valence-electron chi connectivity index (χ2n) is 4.74. The molecule has 1 aliphatic carbocycles. The van der Waals surface area contributed by atoms with E-state index in [0.29, 0.717) is 11.9 Å². The zero-order valence-electron chi connectivity index (χ0n) is 9.76. The average Bonchev–Trinajstić information content (AvgIpc) is 2.81. The summed E-state index contributed by atoms with van der Waals surface area (Å²) in [4.78, 5) is 0. The van der Waals surface area contributed by atoms with Gasteiger partial charge in [0, 0.05) is 17.3 Å². The van der Waals surface area contributed by atoms with Crippen LogP contribution in [0.25, 0.3) is 11.5 Å². The van der Waals surface area contributed by atoms with Gasteiger partial charge in [-0.15, -0.1) is 10.2 Å². The van der Waals surface area contributed by atoms with Crippen LogP contribution in [0.4, 0.5) is 5.69 Å². The van der Waals surface area contributed by atoms with E-state index < -0.39 is 0 Å². The summed E-state index contributed by atoms with van der Waals surface area (Å²) in [6.07, 6.45) is 3.86. The number of hydrogen-bond donors (Lipinski definition) is 1. The SMILES string of the molecule is CC1CC(Nc2cccc(-c3nnco3)c2)C1. The first kappa shape index (κ1) is 10.3. The molecule has 0 saturated heterocycles. The molecular weight excluding hydrogens is 214 g/mol. The van der Waals surface area contributed by atoms with Gasteiger partial charge in [-0.25, -0.2) is 0 Å². The van der Waals surface area contributed by atoms with Crippen molar-refractivity contribution >= 4 is 5.69 Å². The monoisotopic (exact) mass is 229 g/mol. The summed E-state index contributed by atoms with van der Waals surface area (Å²) >= 11 is 0. The van der Waals surface area contributed by atoms with E-state index >= 15 is 0 Å². The molecule has 0 atom stereocenters. The Labute approximate surface area is 100 Å². The van der Waals surface area contributed by atoms with Gasteiger partial charge in [0.05, 0.1) is 0 Å². The molecule has 1 saturated carbocycles. The van der Waals surface area contributed by atoms with Crippen LogP contribution in [0.3, 0.4) is 0 Å². The van der Waals surface area contributed by atoms with Crippen LogP contribution < -0.4 is 5.32 Å². The van der Waals surface area contributed by atoms with Crippen molar-refractivity contribution in [3.05, 3.63) is 30.7 Å². The van der Waals surface area contributed by atoms with Crippen LogP contribution in [0, 0.1) is 5.92 Å². The van der Waals surface area contributed by atoms with Crippen molar-refractivity contribution in [2.75, 3.05) is 5.32 Å². The van der Waals surface area contributed by atoms with Gasteiger partial charge in [-0.2, -0.15) is 0 Å². The van der Waals surface area contributed by atoms with Crippen LogP contribution in [0.5, 0.6) is 0 Å². The quantitative estimate of drug-likeness (QED) is 0.879. The number of aromatic nitrogens is 2. The molecule has 1 aliphatic rings. The van der Waals surface area contributed by atoms with E-state index in [2.05, 4.69) is 34.6 Å². The zero-order chi connectivity index (χ0) is 11.7. The molecule has 0 amide bonds. The summed E-state index contributed by atoms with van der Waals surface area (Å²) in [7, 11) is 0. The third kappa shape index (κ3) is 2.16. The highest BCUT2D eigenvalue weighted by molar-refractivity contribution is 5.61. The normalized spacial score (nSPS) is 23.1. The van der Waals surface area contributed by atoms with E-state index in [9.17, 15) is 0 Å². The molecule has 17 heavy (non-hydrogen) atoms. The van der Waals surface area contributed by atoms with E-state index in [-0.39, 0.29) is 0 Å². The van der Waals surface area contributed by atoms with Gasteiger partial charge in [0.1, 0.15) is 0 Å². The highest BCUT2D eigenvalue weighted by Crippen LogP contribution is 2.30. The van der Waals surface area contributed by atoms with E-state index in [1.165, 1.54) is 19.2 Å². The first-order valence-corrected chi connectivity index (χ1v) is 5.94. The molecule has 1 aromatic carbocycles. The molecule has 0 bridgehead atoms. The predicted octanol–water partition coefficient (Wildman–Crippen LogP) is 2.95. The van der Waals surface area contributed by atoms with Crippen LogP contribution in [-0.2, 0) is 0 Å². The van der Waals surface area contributed by atoms with Crippen molar-refractivity contribution in [3.8, 4) is 11.5 Å². The zero-order valence-corrected chi connectivity index (χ0v) is 9.76. The Morgan fingerprint density at radius 3 is 2.94 bits per heavy atom. The summed E-state index contributed by atoms with van der Waals surface area (Å²) in [6.45, 7) is 2.28. The van der Waals surface area contributed by atoms with Crippen LogP contribution in [0.15, 0.2) is 35.1 Å². The topological polar surface area (TPSA) is 51.0 Å². The predicted molar refractivity (Wildman–Crippen MR) is 65.5 cm³/mol. The molecule has 0 unspecified atom stereocenters. The van der Waals surface area contributed by atoms with Crippen molar-refractivity contribution in [3.63, 3.8) is 0 Å². The molecule has 1 aromatic heterocycles. The lowest BCUT2D eigenvalue weighted by molar-refractivity contribution is 0.309. The molecule has 4 heteroatoms. The number of anilines is 1. The van der Waals surface area contributed by atoms with Crippen molar-refractivity contribution in [1.82, 2.24) is 10.2 Å². The summed E-state index contributed by atoms with van der Waals surface area (Å²) in [5.74, 6) is 1.42. The fourth-order valence-electron chi connectivity index (χ4n) is 2.30. The molecule has 0 spiro atoms. The first-order chi connectivity index (χ1) is 8.31. The average molecular weight is 229 g/mol. The Kier molecular flexibility index (Phi) is 2.55. The van der Waals surface area contributed by atoms with Gasteiger partial charge in [0.2, 0.25) is 12.3 Å². The number of nitrogens with one attached hydrogen (secondary N) is 1. The minimum atomic E-state index is 0.565. The Morgan fingerprint density at radius 1 is 1.35 bits per heavy atom. The van der Waals surface area contributed by atoms with E-state index in [1.807, 2.05) is 12.1 Å². The minimum absolute atomic E-state index is 0.565. The van der Waals surface area contributed by atoms with Crippen molar-refractivity contribution in [2.24, 2.45) is 5.92 Å². The maximum Gasteiger partial charge on any atom is 0.247 e. The Morgan fingerprint density at radius 2 is 2.24 bits per heavy atom. The van der Waals surface area contributed by atoms with Crippen LogP contribution >= 0.6 is 0 Å². The third-order valence-corrected chi connectivity index (χ3v) is 3.21. The van der Waals surface area contributed by atoms with Crippen molar-refractivity contribution in [2.45, 2.75) is 25.8 Å². The Bertz CT molecular complexity index is 489. The van der Waals surface area contributed by atoms with E-state index in [0.717, 1.165) is 17.2 Å². The third-order valence-electron chi connectivity index (χ3n) is 3.21. The minimum Gasteiger partial charge on any atom is -0.423 e. The molecular formula is C13H15N3O. The first-order valence-electron chi connectivity index (χ1n) is 5.94. The lowest BCUT2D eigenvalue weighted by Gasteiger charge is -2.34.